The lowest BCUT2D eigenvalue weighted by molar-refractivity contribution is 0.447. The Morgan fingerprint density at radius 2 is 0.586 bits per heavy atom. The summed E-state index contributed by atoms with van der Waals surface area (Å²) in [5, 5.41) is 0. The molecule has 0 amide bonds. The SMILES string of the molecule is CCCS(=O)(=O)CC(CS(=O)(=O)CCC)(CS(=O)(=O)CCC)CS(=O)(=O)CCC. The highest BCUT2D eigenvalue weighted by Gasteiger charge is 2.45. The van der Waals surface area contributed by atoms with Gasteiger partial charge in [0.25, 0.3) is 0 Å². The normalized spacial score (nSPS) is 14.2. The molecule has 0 aromatic carbocycles. The molecule has 0 spiro atoms. The Balaban J connectivity index is 6.58. The molecule has 0 rings (SSSR count). The van der Waals surface area contributed by atoms with E-state index in [1.54, 1.807) is 27.7 Å². The summed E-state index contributed by atoms with van der Waals surface area (Å²) in [6, 6.07) is 0. The Morgan fingerprint density at radius 3 is 0.724 bits per heavy atom. The summed E-state index contributed by atoms with van der Waals surface area (Å²) < 4.78 is 101. The molecule has 176 valence electrons. The van der Waals surface area contributed by atoms with Gasteiger partial charge in [-0.3, -0.25) is 0 Å². The van der Waals surface area contributed by atoms with E-state index in [0.717, 1.165) is 0 Å². The van der Waals surface area contributed by atoms with Crippen molar-refractivity contribution in [3.63, 3.8) is 0 Å². The monoisotopic (exact) mass is 496 g/mol. The van der Waals surface area contributed by atoms with Crippen LogP contribution in [0.4, 0.5) is 0 Å². The van der Waals surface area contributed by atoms with Gasteiger partial charge in [0.05, 0.1) is 23.0 Å². The molecule has 0 atom stereocenters. The van der Waals surface area contributed by atoms with Crippen molar-refractivity contribution in [1.82, 2.24) is 0 Å². The first-order valence-electron chi connectivity index (χ1n) is 9.89. The minimum atomic E-state index is -3.84. The molecule has 0 aliphatic rings. The second-order valence-electron chi connectivity index (χ2n) is 7.87. The van der Waals surface area contributed by atoms with Crippen LogP contribution < -0.4 is 0 Å². The van der Waals surface area contributed by atoms with Crippen molar-refractivity contribution >= 4 is 39.3 Å². The largest absolute Gasteiger partial charge is 0.229 e. The van der Waals surface area contributed by atoms with E-state index in [1.165, 1.54) is 0 Å². The minimum Gasteiger partial charge on any atom is -0.229 e. The van der Waals surface area contributed by atoms with Gasteiger partial charge in [-0.2, -0.15) is 0 Å². The van der Waals surface area contributed by atoms with E-state index >= 15 is 0 Å². The molecule has 8 nitrogen and oxygen atoms in total. The van der Waals surface area contributed by atoms with Crippen LogP contribution >= 0.6 is 0 Å². The third kappa shape index (κ3) is 11.7. The Morgan fingerprint density at radius 1 is 0.414 bits per heavy atom. The summed E-state index contributed by atoms with van der Waals surface area (Å²) >= 11 is 0. The molecule has 0 unspecified atom stereocenters. The fourth-order valence-electron chi connectivity index (χ4n) is 3.65. The predicted molar refractivity (Wildman–Crippen MR) is 118 cm³/mol. The molecule has 0 radical (unpaired) electrons. The molecular weight excluding hydrogens is 460 g/mol. The lowest BCUT2D eigenvalue weighted by Crippen LogP contribution is -2.49. The van der Waals surface area contributed by atoms with Crippen LogP contribution in [0.1, 0.15) is 53.4 Å². The predicted octanol–water partition coefficient (Wildman–Crippen LogP) is 1.27. The zero-order chi connectivity index (χ0) is 23.0. The van der Waals surface area contributed by atoms with Crippen LogP contribution in [0.5, 0.6) is 0 Å². The second kappa shape index (κ2) is 11.4. The molecule has 0 aromatic heterocycles. The van der Waals surface area contributed by atoms with E-state index in [1.807, 2.05) is 0 Å². The molecular formula is C17H36O8S4. The van der Waals surface area contributed by atoms with E-state index < -0.39 is 67.8 Å². The highest BCUT2D eigenvalue weighted by molar-refractivity contribution is 7.94. The summed E-state index contributed by atoms with van der Waals surface area (Å²) in [7, 11) is -15.4. The summed E-state index contributed by atoms with van der Waals surface area (Å²) in [5.74, 6) is -4.14. The first kappa shape index (κ1) is 28.8. The van der Waals surface area contributed by atoms with E-state index in [0.29, 0.717) is 0 Å². The number of sulfone groups is 4. The maximum atomic E-state index is 12.6. The van der Waals surface area contributed by atoms with Gasteiger partial charge in [-0.25, -0.2) is 33.7 Å². The number of hydrogen-bond donors (Lipinski definition) is 0. The van der Waals surface area contributed by atoms with Crippen LogP contribution in [0.2, 0.25) is 0 Å². The highest BCUT2D eigenvalue weighted by atomic mass is 32.2. The molecule has 0 fully saturated rings. The number of hydrogen-bond acceptors (Lipinski definition) is 8. The molecule has 0 bridgehead atoms. The van der Waals surface area contributed by atoms with Gasteiger partial charge in [0, 0.05) is 28.4 Å². The van der Waals surface area contributed by atoms with E-state index in [2.05, 4.69) is 0 Å². The smallest absolute Gasteiger partial charge is 0.150 e. The van der Waals surface area contributed by atoms with E-state index in [4.69, 9.17) is 0 Å². The summed E-state index contributed by atoms with van der Waals surface area (Å²) in [5.41, 5.74) is -1.91. The van der Waals surface area contributed by atoms with Crippen molar-refractivity contribution in [2.24, 2.45) is 5.41 Å². The molecule has 0 aromatic rings. The molecule has 0 saturated heterocycles. The van der Waals surface area contributed by atoms with Gasteiger partial charge in [-0.1, -0.05) is 27.7 Å². The van der Waals surface area contributed by atoms with Gasteiger partial charge in [-0.15, -0.1) is 0 Å². The molecule has 0 aliphatic heterocycles. The van der Waals surface area contributed by atoms with Gasteiger partial charge in [0.2, 0.25) is 0 Å². The van der Waals surface area contributed by atoms with Crippen molar-refractivity contribution in [3.8, 4) is 0 Å². The van der Waals surface area contributed by atoms with Crippen molar-refractivity contribution in [3.05, 3.63) is 0 Å². The third-order valence-electron chi connectivity index (χ3n) is 4.16. The Bertz CT molecular complexity index is 756. The van der Waals surface area contributed by atoms with Gasteiger partial charge < -0.3 is 0 Å². The Labute approximate surface area is 177 Å². The summed E-state index contributed by atoms with van der Waals surface area (Å²) in [4.78, 5) is 0. The third-order valence-corrected chi connectivity index (χ3v) is 12.5. The Kier molecular flexibility index (Phi) is 11.3. The number of rotatable bonds is 16. The van der Waals surface area contributed by atoms with Gasteiger partial charge in [-0.05, 0) is 25.7 Å². The fraction of sp³-hybridized carbons (Fsp3) is 1.00. The van der Waals surface area contributed by atoms with Crippen molar-refractivity contribution in [2.45, 2.75) is 53.4 Å². The standard InChI is InChI=1S/C17H36O8S4/c1-5-9-26(18,19)13-17(14-27(20,21)10-6-2,15-28(22,23)11-7-3)16-29(24,25)12-8-4/h5-16H2,1-4H3. The Hall–Kier alpha value is -0.200. The average molecular weight is 497 g/mol. The van der Waals surface area contributed by atoms with E-state index in [-0.39, 0.29) is 48.7 Å². The molecule has 0 aliphatic carbocycles. The van der Waals surface area contributed by atoms with Crippen LogP contribution in [0.25, 0.3) is 0 Å². The van der Waals surface area contributed by atoms with Crippen LogP contribution in [0, 0.1) is 5.41 Å². The molecule has 0 N–H and O–H groups in total. The molecule has 29 heavy (non-hydrogen) atoms. The summed E-state index contributed by atoms with van der Waals surface area (Å²) in [6.45, 7) is 6.53. The van der Waals surface area contributed by atoms with Crippen LogP contribution in [0.15, 0.2) is 0 Å². The fourth-order valence-corrected chi connectivity index (χ4v) is 12.4. The minimum absolute atomic E-state index is 0.260. The summed E-state index contributed by atoms with van der Waals surface area (Å²) in [6.07, 6.45) is 1.07. The van der Waals surface area contributed by atoms with E-state index in [9.17, 15) is 33.7 Å². The van der Waals surface area contributed by atoms with Crippen molar-refractivity contribution < 1.29 is 33.7 Å². The quantitative estimate of drug-likeness (QED) is 0.311. The maximum absolute atomic E-state index is 12.6. The molecule has 0 heterocycles. The van der Waals surface area contributed by atoms with Gasteiger partial charge >= 0.3 is 0 Å². The first-order valence-corrected chi connectivity index (χ1v) is 17.2. The van der Waals surface area contributed by atoms with Gasteiger partial charge in [0.1, 0.15) is 0 Å². The first-order chi connectivity index (χ1) is 13.1. The lowest BCUT2D eigenvalue weighted by Gasteiger charge is -2.33. The highest BCUT2D eigenvalue weighted by Crippen LogP contribution is 2.29. The van der Waals surface area contributed by atoms with Crippen molar-refractivity contribution in [1.29, 1.82) is 0 Å². The van der Waals surface area contributed by atoms with Crippen molar-refractivity contribution in [2.75, 3.05) is 46.0 Å². The second-order valence-corrected chi connectivity index (χ2v) is 16.6. The van der Waals surface area contributed by atoms with Crippen LogP contribution in [0.3, 0.4) is 0 Å². The molecule has 0 saturated carbocycles. The molecule has 12 heteroatoms. The average Bonchev–Trinajstić information content (AvgIpc) is 2.43. The zero-order valence-electron chi connectivity index (χ0n) is 17.9. The lowest BCUT2D eigenvalue weighted by atomic mass is 9.99. The van der Waals surface area contributed by atoms with Gasteiger partial charge in [0.15, 0.2) is 39.3 Å². The topological polar surface area (TPSA) is 137 Å². The maximum Gasteiger partial charge on any atom is 0.150 e. The zero-order valence-corrected chi connectivity index (χ0v) is 21.2. The van der Waals surface area contributed by atoms with Crippen LogP contribution in [-0.4, -0.2) is 79.7 Å². The van der Waals surface area contributed by atoms with Crippen LogP contribution in [-0.2, 0) is 39.3 Å².